The van der Waals surface area contributed by atoms with E-state index in [-0.39, 0.29) is 17.9 Å². The molecule has 1 saturated heterocycles. The third kappa shape index (κ3) is 4.18. The number of piperidine rings is 1. The Labute approximate surface area is 116 Å². The Bertz CT molecular complexity index is 309. The summed E-state index contributed by atoms with van der Waals surface area (Å²) in [7, 11) is 0. The van der Waals surface area contributed by atoms with Crippen molar-refractivity contribution in [3.63, 3.8) is 0 Å². The molecule has 4 nitrogen and oxygen atoms in total. The van der Waals surface area contributed by atoms with Crippen molar-refractivity contribution in [2.75, 3.05) is 19.6 Å². The molecular weight excluding hydrogens is 240 g/mol. The smallest absolute Gasteiger partial charge is 0.234 e. The van der Waals surface area contributed by atoms with Gasteiger partial charge in [0.05, 0.1) is 12.6 Å². The first kappa shape index (κ1) is 14.8. The number of aliphatic hydroxyl groups is 1. The summed E-state index contributed by atoms with van der Waals surface area (Å²) < 4.78 is 0. The first-order valence-electron chi connectivity index (χ1n) is 7.76. The van der Waals surface area contributed by atoms with E-state index in [9.17, 15) is 9.90 Å². The lowest BCUT2D eigenvalue weighted by molar-refractivity contribution is -0.124. The fourth-order valence-corrected chi connectivity index (χ4v) is 3.35. The van der Waals surface area contributed by atoms with E-state index in [0.29, 0.717) is 18.5 Å². The SMILES string of the molecule is CC1CN(CC(=O)NC2CCCCC2C)CCC1O. The molecule has 0 radical (unpaired) electrons. The molecule has 4 unspecified atom stereocenters. The molecule has 1 amide bonds. The quantitative estimate of drug-likeness (QED) is 0.813. The molecule has 1 aliphatic heterocycles. The van der Waals surface area contributed by atoms with Crippen LogP contribution in [0.1, 0.15) is 46.0 Å². The molecule has 4 atom stereocenters. The van der Waals surface area contributed by atoms with Crippen LogP contribution < -0.4 is 5.32 Å². The molecule has 2 aliphatic rings. The molecule has 0 aromatic heterocycles. The summed E-state index contributed by atoms with van der Waals surface area (Å²) in [5.41, 5.74) is 0. The van der Waals surface area contributed by atoms with Crippen molar-refractivity contribution in [2.24, 2.45) is 11.8 Å². The highest BCUT2D eigenvalue weighted by Gasteiger charge is 2.27. The average molecular weight is 268 g/mol. The van der Waals surface area contributed by atoms with Crippen molar-refractivity contribution in [3.8, 4) is 0 Å². The third-order valence-electron chi connectivity index (χ3n) is 4.77. The van der Waals surface area contributed by atoms with Gasteiger partial charge in [0.1, 0.15) is 0 Å². The van der Waals surface area contributed by atoms with Crippen LogP contribution in [-0.2, 0) is 4.79 Å². The fourth-order valence-electron chi connectivity index (χ4n) is 3.35. The second kappa shape index (κ2) is 6.71. The van der Waals surface area contributed by atoms with Crippen LogP contribution in [0, 0.1) is 11.8 Å². The maximum Gasteiger partial charge on any atom is 0.234 e. The summed E-state index contributed by atoms with van der Waals surface area (Å²) in [5, 5.41) is 12.9. The monoisotopic (exact) mass is 268 g/mol. The van der Waals surface area contributed by atoms with E-state index in [2.05, 4.69) is 24.1 Å². The number of hydrogen-bond donors (Lipinski definition) is 2. The minimum absolute atomic E-state index is 0.155. The predicted octanol–water partition coefficient (Wildman–Crippen LogP) is 1.38. The molecule has 0 bridgehead atoms. The summed E-state index contributed by atoms with van der Waals surface area (Å²) in [4.78, 5) is 14.3. The van der Waals surface area contributed by atoms with E-state index in [4.69, 9.17) is 0 Å². The van der Waals surface area contributed by atoms with Gasteiger partial charge in [-0.1, -0.05) is 26.7 Å². The third-order valence-corrected chi connectivity index (χ3v) is 4.77. The van der Waals surface area contributed by atoms with Gasteiger partial charge < -0.3 is 10.4 Å². The minimum atomic E-state index is -0.197. The molecule has 0 aromatic rings. The lowest BCUT2D eigenvalue weighted by Gasteiger charge is -2.35. The van der Waals surface area contributed by atoms with Gasteiger partial charge in [-0.25, -0.2) is 0 Å². The maximum absolute atomic E-state index is 12.1. The van der Waals surface area contributed by atoms with Crippen LogP contribution in [0.15, 0.2) is 0 Å². The van der Waals surface area contributed by atoms with E-state index in [1.54, 1.807) is 0 Å². The second-order valence-corrected chi connectivity index (χ2v) is 6.50. The number of likely N-dealkylation sites (tertiary alicyclic amines) is 1. The van der Waals surface area contributed by atoms with Gasteiger partial charge >= 0.3 is 0 Å². The van der Waals surface area contributed by atoms with Crippen LogP contribution in [0.3, 0.4) is 0 Å². The Hall–Kier alpha value is -0.610. The van der Waals surface area contributed by atoms with Crippen molar-refractivity contribution >= 4 is 5.91 Å². The van der Waals surface area contributed by atoms with Crippen LogP contribution in [0.4, 0.5) is 0 Å². The zero-order valence-electron chi connectivity index (χ0n) is 12.3. The highest BCUT2D eigenvalue weighted by atomic mass is 16.3. The molecule has 0 spiro atoms. The molecule has 1 aliphatic carbocycles. The van der Waals surface area contributed by atoms with E-state index in [1.807, 2.05) is 0 Å². The normalized spacial score (nSPS) is 37.0. The summed E-state index contributed by atoms with van der Waals surface area (Å²) in [6.07, 6.45) is 5.49. The molecule has 110 valence electrons. The average Bonchev–Trinajstić information content (AvgIpc) is 2.37. The van der Waals surface area contributed by atoms with Crippen molar-refractivity contribution in [1.82, 2.24) is 10.2 Å². The lowest BCUT2D eigenvalue weighted by atomic mass is 9.86. The number of aliphatic hydroxyl groups excluding tert-OH is 1. The van der Waals surface area contributed by atoms with Crippen LogP contribution >= 0.6 is 0 Å². The first-order valence-corrected chi connectivity index (χ1v) is 7.76. The Morgan fingerprint density at radius 3 is 2.63 bits per heavy atom. The summed E-state index contributed by atoms with van der Waals surface area (Å²) >= 11 is 0. The van der Waals surface area contributed by atoms with Gasteiger partial charge in [0, 0.05) is 19.1 Å². The van der Waals surface area contributed by atoms with Crippen LogP contribution in [0.25, 0.3) is 0 Å². The summed E-state index contributed by atoms with van der Waals surface area (Å²) in [5.74, 6) is 1.04. The van der Waals surface area contributed by atoms with E-state index in [1.165, 1.54) is 19.3 Å². The Balaban J connectivity index is 1.75. The zero-order valence-corrected chi connectivity index (χ0v) is 12.3. The number of rotatable bonds is 3. The molecule has 2 N–H and O–H groups in total. The molecule has 4 heteroatoms. The van der Waals surface area contributed by atoms with Gasteiger partial charge in [-0.15, -0.1) is 0 Å². The first-order chi connectivity index (χ1) is 9.06. The van der Waals surface area contributed by atoms with Crippen LogP contribution in [-0.4, -0.2) is 47.7 Å². The lowest BCUT2D eigenvalue weighted by Crippen LogP contribution is -2.49. The molecule has 1 saturated carbocycles. The molecule has 19 heavy (non-hydrogen) atoms. The Morgan fingerprint density at radius 1 is 1.21 bits per heavy atom. The van der Waals surface area contributed by atoms with Gasteiger partial charge in [0.25, 0.3) is 0 Å². The highest BCUT2D eigenvalue weighted by Crippen LogP contribution is 2.23. The topological polar surface area (TPSA) is 52.6 Å². The van der Waals surface area contributed by atoms with Crippen molar-refractivity contribution in [2.45, 2.75) is 58.1 Å². The maximum atomic E-state index is 12.1. The number of carbonyl (C=O) groups is 1. The number of nitrogens with zero attached hydrogens (tertiary/aromatic N) is 1. The highest BCUT2D eigenvalue weighted by molar-refractivity contribution is 5.78. The van der Waals surface area contributed by atoms with Crippen molar-refractivity contribution in [1.29, 1.82) is 0 Å². The summed E-state index contributed by atoms with van der Waals surface area (Å²) in [6.45, 7) is 6.44. The van der Waals surface area contributed by atoms with Crippen LogP contribution in [0.5, 0.6) is 0 Å². The molecular formula is C15H28N2O2. The summed E-state index contributed by atoms with van der Waals surface area (Å²) in [6, 6.07) is 0.369. The standard InChI is InChI=1S/C15H28N2O2/c1-11-5-3-4-6-13(11)16-15(19)10-17-8-7-14(18)12(2)9-17/h11-14,18H,3-10H2,1-2H3,(H,16,19). The molecule has 0 aromatic carbocycles. The van der Waals surface area contributed by atoms with Gasteiger partial charge in [-0.2, -0.15) is 0 Å². The van der Waals surface area contributed by atoms with Gasteiger partial charge in [0.2, 0.25) is 5.91 Å². The van der Waals surface area contributed by atoms with Gasteiger partial charge in [-0.05, 0) is 31.1 Å². The molecule has 2 fully saturated rings. The van der Waals surface area contributed by atoms with Crippen molar-refractivity contribution < 1.29 is 9.90 Å². The Kier molecular flexibility index (Phi) is 5.22. The predicted molar refractivity (Wildman–Crippen MR) is 75.8 cm³/mol. The number of carbonyl (C=O) groups excluding carboxylic acids is 1. The van der Waals surface area contributed by atoms with Gasteiger partial charge in [0.15, 0.2) is 0 Å². The Morgan fingerprint density at radius 2 is 1.95 bits per heavy atom. The largest absolute Gasteiger partial charge is 0.393 e. The van der Waals surface area contributed by atoms with E-state index >= 15 is 0 Å². The number of amides is 1. The van der Waals surface area contributed by atoms with Gasteiger partial charge in [-0.3, -0.25) is 9.69 Å². The zero-order chi connectivity index (χ0) is 13.8. The molecule has 1 heterocycles. The van der Waals surface area contributed by atoms with E-state index in [0.717, 1.165) is 25.9 Å². The number of hydrogen-bond acceptors (Lipinski definition) is 3. The minimum Gasteiger partial charge on any atom is -0.393 e. The van der Waals surface area contributed by atoms with E-state index < -0.39 is 0 Å². The number of nitrogens with one attached hydrogen (secondary N) is 1. The van der Waals surface area contributed by atoms with Crippen molar-refractivity contribution in [3.05, 3.63) is 0 Å². The second-order valence-electron chi connectivity index (χ2n) is 6.50. The fraction of sp³-hybridized carbons (Fsp3) is 0.933. The molecule has 2 rings (SSSR count). The van der Waals surface area contributed by atoms with Crippen LogP contribution in [0.2, 0.25) is 0 Å².